The molecule has 2 heterocycles. The molecule has 0 saturated carbocycles. The first-order valence-electron chi connectivity index (χ1n) is 9.22. The SMILES string of the molecule is Cc1nn(-c2ccccc2)c(C)c1C(=O)Nc1ccn(Cc2ccc(F)cc2)n1. The monoisotopic (exact) mass is 389 g/mol. The van der Waals surface area contributed by atoms with Gasteiger partial charge in [0.15, 0.2) is 5.82 Å². The second-order valence-corrected chi connectivity index (χ2v) is 6.77. The summed E-state index contributed by atoms with van der Waals surface area (Å²) in [5.74, 6) is -0.0819. The summed E-state index contributed by atoms with van der Waals surface area (Å²) >= 11 is 0. The number of benzene rings is 2. The summed E-state index contributed by atoms with van der Waals surface area (Å²) in [6.07, 6.45) is 1.77. The van der Waals surface area contributed by atoms with Gasteiger partial charge in [0.05, 0.1) is 29.2 Å². The molecule has 0 atom stereocenters. The van der Waals surface area contributed by atoms with Crippen molar-refractivity contribution < 1.29 is 9.18 Å². The first-order valence-corrected chi connectivity index (χ1v) is 9.22. The molecule has 1 amide bonds. The Kier molecular flexibility index (Phi) is 4.95. The van der Waals surface area contributed by atoms with E-state index in [9.17, 15) is 9.18 Å². The molecule has 0 saturated heterocycles. The molecule has 0 unspecified atom stereocenters. The topological polar surface area (TPSA) is 64.7 Å². The minimum atomic E-state index is -0.274. The van der Waals surface area contributed by atoms with Crippen LogP contribution in [0.3, 0.4) is 0 Å². The summed E-state index contributed by atoms with van der Waals surface area (Å²) in [6.45, 7) is 4.17. The van der Waals surface area contributed by atoms with Crippen molar-refractivity contribution in [2.75, 3.05) is 5.32 Å². The Labute approximate surface area is 167 Å². The quantitative estimate of drug-likeness (QED) is 0.558. The van der Waals surface area contributed by atoms with Gasteiger partial charge in [-0.15, -0.1) is 0 Å². The van der Waals surface area contributed by atoms with Gasteiger partial charge in [-0.25, -0.2) is 9.07 Å². The van der Waals surface area contributed by atoms with Gasteiger partial charge in [-0.3, -0.25) is 9.48 Å². The maximum absolute atomic E-state index is 13.0. The molecular weight excluding hydrogens is 369 g/mol. The van der Waals surface area contributed by atoms with Gasteiger partial charge in [0.1, 0.15) is 5.82 Å². The lowest BCUT2D eigenvalue weighted by Gasteiger charge is -2.05. The highest BCUT2D eigenvalue weighted by Gasteiger charge is 2.20. The molecule has 146 valence electrons. The van der Waals surface area contributed by atoms with E-state index in [0.717, 1.165) is 16.9 Å². The van der Waals surface area contributed by atoms with Crippen LogP contribution in [-0.2, 0) is 6.54 Å². The van der Waals surface area contributed by atoms with Crippen LogP contribution in [0.1, 0.15) is 27.3 Å². The number of hydrogen-bond donors (Lipinski definition) is 1. The van der Waals surface area contributed by atoms with Gasteiger partial charge in [-0.1, -0.05) is 30.3 Å². The van der Waals surface area contributed by atoms with Crippen molar-refractivity contribution in [1.82, 2.24) is 19.6 Å². The molecule has 0 radical (unpaired) electrons. The van der Waals surface area contributed by atoms with E-state index in [4.69, 9.17) is 0 Å². The zero-order valence-electron chi connectivity index (χ0n) is 16.1. The van der Waals surface area contributed by atoms with Crippen molar-refractivity contribution in [2.45, 2.75) is 20.4 Å². The number of amides is 1. The van der Waals surface area contributed by atoms with Crippen molar-refractivity contribution in [2.24, 2.45) is 0 Å². The van der Waals surface area contributed by atoms with Crippen molar-refractivity contribution >= 4 is 11.7 Å². The molecule has 2 aromatic carbocycles. The van der Waals surface area contributed by atoms with Crippen molar-refractivity contribution in [1.29, 1.82) is 0 Å². The van der Waals surface area contributed by atoms with Crippen LogP contribution in [-0.4, -0.2) is 25.5 Å². The highest BCUT2D eigenvalue weighted by atomic mass is 19.1. The standard InChI is InChI=1S/C22H20FN5O/c1-15-21(16(2)28(25-15)19-6-4-3-5-7-19)22(29)24-20-12-13-27(26-20)14-17-8-10-18(23)11-9-17/h3-13H,14H2,1-2H3,(H,24,26,29). The number of halogens is 1. The predicted molar refractivity (Wildman–Crippen MR) is 109 cm³/mol. The van der Waals surface area contributed by atoms with Crippen LogP contribution in [0.4, 0.5) is 10.2 Å². The fraction of sp³-hybridized carbons (Fsp3) is 0.136. The van der Waals surface area contributed by atoms with Crippen LogP contribution in [0.2, 0.25) is 0 Å². The number of nitrogens with one attached hydrogen (secondary N) is 1. The number of carbonyl (C=O) groups excluding carboxylic acids is 1. The summed E-state index contributed by atoms with van der Waals surface area (Å²) in [5, 5.41) is 11.7. The van der Waals surface area contributed by atoms with Crippen molar-refractivity contribution in [3.8, 4) is 5.69 Å². The van der Waals surface area contributed by atoms with Gasteiger partial charge >= 0.3 is 0 Å². The number of aryl methyl sites for hydroxylation is 1. The normalized spacial score (nSPS) is 10.9. The fourth-order valence-electron chi connectivity index (χ4n) is 3.26. The van der Waals surface area contributed by atoms with E-state index in [1.54, 1.807) is 33.8 Å². The van der Waals surface area contributed by atoms with Gasteiger partial charge in [-0.05, 0) is 43.7 Å². The zero-order chi connectivity index (χ0) is 20.4. The van der Waals surface area contributed by atoms with E-state index in [-0.39, 0.29) is 11.7 Å². The van der Waals surface area contributed by atoms with Crippen LogP contribution in [0.15, 0.2) is 66.9 Å². The molecule has 6 nitrogen and oxygen atoms in total. The van der Waals surface area contributed by atoms with E-state index >= 15 is 0 Å². The number of aromatic nitrogens is 4. The Balaban J connectivity index is 1.51. The molecule has 0 bridgehead atoms. The molecular formula is C22H20FN5O. The average molecular weight is 389 g/mol. The van der Waals surface area contributed by atoms with Crippen molar-refractivity contribution in [3.05, 3.63) is 95.2 Å². The summed E-state index contributed by atoms with van der Waals surface area (Å²) < 4.78 is 16.5. The minimum absolute atomic E-state index is 0.255. The predicted octanol–water partition coefficient (Wildman–Crippen LogP) is 4.13. The lowest BCUT2D eigenvalue weighted by atomic mass is 10.2. The molecule has 1 N–H and O–H groups in total. The van der Waals surface area contributed by atoms with Gasteiger partial charge in [-0.2, -0.15) is 10.2 Å². The van der Waals surface area contributed by atoms with Crippen LogP contribution < -0.4 is 5.32 Å². The minimum Gasteiger partial charge on any atom is -0.305 e. The summed E-state index contributed by atoms with van der Waals surface area (Å²) in [7, 11) is 0. The summed E-state index contributed by atoms with van der Waals surface area (Å²) in [5.41, 5.74) is 3.76. The molecule has 4 aromatic rings. The maximum Gasteiger partial charge on any atom is 0.260 e. The fourth-order valence-corrected chi connectivity index (χ4v) is 3.26. The summed E-state index contributed by atoms with van der Waals surface area (Å²) in [6, 6.07) is 17.7. The molecule has 0 fully saturated rings. The van der Waals surface area contributed by atoms with E-state index in [0.29, 0.717) is 23.6 Å². The van der Waals surface area contributed by atoms with Gasteiger partial charge in [0.25, 0.3) is 5.91 Å². The number of hydrogen-bond acceptors (Lipinski definition) is 3. The van der Waals surface area contributed by atoms with Crippen LogP contribution in [0, 0.1) is 19.7 Å². The Morgan fingerprint density at radius 3 is 2.45 bits per heavy atom. The highest BCUT2D eigenvalue weighted by molar-refractivity contribution is 6.05. The Morgan fingerprint density at radius 2 is 1.72 bits per heavy atom. The van der Waals surface area contributed by atoms with E-state index in [2.05, 4.69) is 15.5 Å². The molecule has 0 spiro atoms. The molecule has 7 heteroatoms. The van der Waals surface area contributed by atoms with E-state index in [1.165, 1.54) is 12.1 Å². The second-order valence-electron chi connectivity index (χ2n) is 6.77. The number of rotatable bonds is 5. The third-order valence-corrected chi connectivity index (χ3v) is 4.66. The van der Waals surface area contributed by atoms with Gasteiger partial charge in [0, 0.05) is 12.3 Å². The first kappa shape index (κ1) is 18.6. The van der Waals surface area contributed by atoms with Gasteiger partial charge < -0.3 is 5.32 Å². The Morgan fingerprint density at radius 1 is 1.00 bits per heavy atom. The van der Waals surface area contributed by atoms with Crippen LogP contribution in [0.25, 0.3) is 5.69 Å². The first-order chi connectivity index (χ1) is 14.0. The van der Waals surface area contributed by atoms with Crippen LogP contribution >= 0.6 is 0 Å². The molecule has 0 aliphatic carbocycles. The maximum atomic E-state index is 13.0. The molecule has 2 aromatic heterocycles. The second kappa shape index (κ2) is 7.71. The number of carbonyl (C=O) groups is 1. The zero-order valence-corrected chi connectivity index (χ0v) is 16.1. The van der Waals surface area contributed by atoms with E-state index in [1.807, 2.05) is 44.2 Å². The van der Waals surface area contributed by atoms with Gasteiger partial charge in [0.2, 0.25) is 0 Å². The number of nitrogens with zero attached hydrogens (tertiary/aromatic N) is 4. The molecule has 4 rings (SSSR count). The molecule has 0 aliphatic rings. The van der Waals surface area contributed by atoms with Crippen molar-refractivity contribution in [3.63, 3.8) is 0 Å². The number of anilines is 1. The highest BCUT2D eigenvalue weighted by Crippen LogP contribution is 2.19. The third kappa shape index (κ3) is 3.94. The number of para-hydroxylation sites is 1. The lowest BCUT2D eigenvalue weighted by Crippen LogP contribution is -2.15. The lowest BCUT2D eigenvalue weighted by molar-refractivity contribution is 0.102. The van der Waals surface area contributed by atoms with Crippen LogP contribution in [0.5, 0.6) is 0 Å². The van der Waals surface area contributed by atoms with E-state index < -0.39 is 0 Å². The molecule has 0 aliphatic heterocycles. The third-order valence-electron chi connectivity index (χ3n) is 4.66. The largest absolute Gasteiger partial charge is 0.305 e. The Bertz CT molecular complexity index is 1150. The molecule has 29 heavy (non-hydrogen) atoms. The Hall–Kier alpha value is -3.74. The average Bonchev–Trinajstić information content (AvgIpc) is 3.27. The smallest absolute Gasteiger partial charge is 0.260 e. The summed E-state index contributed by atoms with van der Waals surface area (Å²) in [4.78, 5) is 12.9.